The van der Waals surface area contributed by atoms with Crippen LogP contribution < -0.4 is 5.32 Å². The third-order valence-electron chi connectivity index (χ3n) is 4.72. The highest BCUT2D eigenvalue weighted by atomic mass is 15.3. The Labute approximate surface area is 127 Å². The predicted molar refractivity (Wildman–Crippen MR) is 86.5 cm³/mol. The summed E-state index contributed by atoms with van der Waals surface area (Å²) in [5.41, 5.74) is 5.45. The van der Waals surface area contributed by atoms with E-state index >= 15 is 0 Å². The van der Waals surface area contributed by atoms with Crippen molar-refractivity contribution in [2.24, 2.45) is 7.05 Å². The summed E-state index contributed by atoms with van der Waals surface area (Å²) in [6.45, 7) is 2.18. The number of aromatic nitrogens is 2. The van der Waals surface area contributed by atoms with E-state index in [0.29, 0.717) is 0 Å². The summed E-state index contributed by atoms with van der Waals surface area (Å²) in [6, 6.07) is 9.16. The van der Waals surface area contributed by atoms with Crippen LogP contribution in [0.4, 0.5) is 0 Å². The molecule has 0 aliphatic heterocycles. The van der Waals surface area contributed by atoms with Crippen molar-refractivity contribution in [3.8, 4) is 0 Å². The standard InChI is InChI=1S/C18H25N3/c1-4-17-16(12-21(3)20-17)18(19-2)15-11-6-5-10-14(15)13-8-7-9-13/h5-6,10-13,18-19H,4,7-9H2,1-3H3. The highest BCUT2D eigenvalue weighted by Gasteiger charge is 2.26. The molecule has 1 unspecified atom stereocenters. The van der Waals surface area contributed by atoms with Gasteiger partial charge in [-0.05, 0) is 43.4 Å². The van der Waals surface area contributed by atoms with Crippen molar-refractivity contribution >= 4 is 0 Å². The first kappa shape index (κ1) is 14.3. The Morgan fingerprint density at radius 1 is 1.29 bits per heavy atom. The van der Waals surface area contributed by atoms with Gasteiger partial charge < -0.3 is 5.32 Å². The molecular weight excluding hydrogens is 258 g/mol. The average molecular weight is 283 g/mol. The van der Waals surface area contributed by atoms with Crippen LogP contribution in [0.15, 0.2) is 30.5 Å². The number of nitrogens with one attached hydrogen (secondary N) is 1. The molecule has 1 aliphatic rings. The SMILES string of the molecule is CCc1nn(C)cc1C(NC)c1ccccc1C1CCC1. The van der Waals surface area contributed by atoms with E-state index < -0.39 is 0 Å². The monoisotopic (exact) mass is 283 g/mol. The van der Waals surface area contributed by atoms with Crippen LogP contribution in [0, 0.1) is 0 Å². The zero-order chi connectivity index (χ0) is 14.8. The Bertz CT molecular complexity index is 611. The molecule has 1 heterocycles. The Balaban J connectivity index is 2.03. The van der Waals surface area contributed by atoms with Gasteiger partial charge in [-0.15, -0.1) is 0 Å². The fourth-order valence-electron chi connectivity index (χ4n) is 3.41. The molecule has 3 heteroatoms. The summed E-state index contributed by atoms with van der Waals surface area (Å²) >= 11 is 0. The Morgan fingerprint density at radius 2 is 2.05 bits per heavy atom. The molecule has 2 aromatic rings. The van der Waals surface area contributed by atoms with Crippen LogP contribution >= 0.6 is 0 Å². The maximum absolute atomic E-state index is 4.61. The third-order valence-corrected chi connectivity index (χ3v) is 4.72. The minimum atomic E-state index is 0.241. The summed E-state index contributed by atoms with van der Waals surface area (Å²) in [5, 5.41) is 8.12. The topological polar surface area (TPSA) is 29.9 Å². The molecule has 3 rings (SSSR count). The molecule has 1 atom stereocenters. The highest BCUT2D eigenvalue weighted by Crippen LogP contribution is 2.40. The lowest BCUT2D eigenvalue weighted by Gasteiger charge is -2.30. The van der Waals surface area contributed by atoms with Gasteiger partial charge in [-0.3, -0.25) is 4.68 Å². The molecule has 1 fully saturated rings. The van der Waals surface area contributed by atoms with Crippen molar-refractivity contribution in [1.29, 1.82) is 0 Å². The van der Waals surface area contributed by atoms with E-state index in [2.05, 4.69) is 54.8 Å². The molecule has 0 saturated heterocycles. The van der Waals surface area contributed by atoms with E-state index in [1.54, 1.807) is 0 Å². The van der Waals surface area contributed by atoms with Gasteiger partial charge >= 0.3 is 0 Å². The lowest BCUT2D eigenvalue weighted by molar-refractivity contribution is 0.415. The second-order valence-corrected chi connectivity index (χ2v) is 6.04. The zero-order valence-electron chi connectivity index (χ0n) is 13.3. The Kier molecular flexibility index (Phi) is 4.11. The molecule has 1 N–H and O–H groups in total. The summed E-state index contributed by atoms with van der Waals surface area (Å²) in [4.78, 5) is 0. The van der Waals surface area contributed by atoms with Gasteiger partial charge in [0.25, 0.3) is 0 Å². The van der Waals surface area contributed by atoms with E-state index in [0.717, 1.165) is 12.3 Å². The first-order valence-corrected chi connectivity index (χ1v) is 8.03. The Morgan fingerprint density at radius 3 is 2.67 bits per heavy atom. The minimum Gasteiger partial charge on any atom is -0.309 e. The summed E-state index contributed by atoms with van der Waals surface area (Å²) < 4.78 is 1.93. The summed E-state index contributed by atoms with van der Waals surface area (Å²) in [5.74, 6) is 0.749. The van der Waals surface area contributed by atoms with E-state index in [1.165, 1.54) is 41.6 Å². The Hall–Kier alpha value is -1.61. The molecule has 0 amide bonds. The fraction of sp³-hybridized carbons (Fsp3) is 0.500. The van der Waals surface area contributed by atoms with Gasteiger partial charge in [0.05, 0.1) is 11.7 Å². The molecule has 0 bridgehead atoms. The number of rotatable bonds is 5. The molecule has 3 nitrogen and oxygen atoms in total. The average Bonchev–Trinajstić information content (AvgIpc) is 2.81. The molecule has 0 radical (unpaired) electrons. The minimum absolute atomic E-state index is 0.241. The number of nitrogens with zero attached hydrogens (tertiary/aromatic N) is 2. The molecule has 1 saturated carbocycles. The van der Waals surface area contributed by atoms with Gasteiger partial charge in [0.15, 0.2) is 0 Å². The number of hydrogen-bond donors (Lipinski definition) is 1. The van der Waals surface area contributed by atoms with Crippen molar-refractivity contribution in [2.45, 2.75) is 44.6 Å². The molecule has 112 valence electrons. The lowest BCUT2D eigenvalue weighted by Crippen LogP contribution is -2.22. The second kappa shape index (κ2) is 6.02. The quantitative estimate of drug-likeness (QED) is 0.909. The zero-order valence-corrected chi connectivity index (χ0v) is 13.3. The molecule has 21 heavy (non-hydrogen) atoms. The largest absolute Gasteiger partial charge is 0.309 e. The fourth-order valence-corrected chi connectivity index (χ4v) is 3.41. The van der Waals surface area contributed by atoms with E-state index in [4.69, 9.17) is 0 Å². The summed E-state index contributed by atoms with van der Waals surface area (Å²) in [6.07, 6.45) is 7.18. The van der Waals surface area contributed by atoms with Gasteiger partial charge in [-0.1, -0.05) is 37.6 Å². The first-order valence-electron chi connectivity index (χ1n) is 8.03. The van der Waals surface area contributed by atoms with Crippen LogP contribution in [0.5, 0.6) is 0 Å². The van der Waals surface area contributed by atoms with Gasteiger partial charge in [0.1, 0.15) is 0 Å². The van der Waals surface area contributed by atoms with E-state index in [1.807, 2.05) is 11.7 Å². The van der Waals surface area contributed by atoms with Crippen molar-refractivity contribution in [1.82, 2.24) is 15.1 Å². The molecular formula is C18H25N3. The van der Waals surface area contributed by atoms with Gasteiger partial charge in [-0.2, -0.15) is 5.10 Å². The number of aryl methyl sites for hydroxylation is 2. The van der Waals surface area contributed by atoms with Crippen molar-refractivity contribution in [2.75, 3.05) is 7.05 Å². The molecule has 1 aromatic carbocycles. The number of hydrogen-bond acceptors (Lipinski definition) is 2. The van der Waals surface area contributed by atoms with Crippen LogP contribution in [0.1, 0.15) is 60.5 Å². The van der Waals surface area contributed by atoms with Gasteiger partial charge in [-0.25, -0.2) is 0 Å². The normalized spacial score (nSPS) is 16.7. The van der Waals surface area contributed by atoms with Gasteiger partial charge in [0, 0.05) is 18.8 Å². The van der Waals surface area contributed by atoms with Crippen LogP contribution in [0.25, 0.3) is 0 Å². The van der Waals surface area contributed by atoms with E-state index in [-0.39, 0.29) is 6.04 Å². The molecule has 1 aliphatic carbocycles. The van der Waals surface area contributed by atoms with Gasteiger partial charge in [0.2, 0.25) is 0 Å². The van der Waals surface area contributed by atoms with Crippen molar-refractivity contribution in [3.63, 3.8) is 0 Å². The van der Waals surface area contributed by atoms with Crippen LogP contribution in [0.3, 0.4) is 0 Å². The number of benzene rings is 1. The van der Waals surface area contributed by atoms with Crippen LogP contribution in [0.2, 0.25) is 0 Å². The predicted octanol–water partition coefficient (Wildman–Crippen LogP) is 3.56. The maximum atomic E-state index is 4.61. The smallest absolute Gasteiger partial charge is 0.0673 e. The van der Waals surface area contributed by atoms with E-state index in [9.17, 15) is 0 Å². The first-order chi connectivity index (χ1) is 10.2. The lowest BCUT2D eigenvalue weighted by atomic mass is 9.76. The molecule has 1 aromatic heterocycles. The van der Waals surface area contributed by atoms with Crippen molar-refractivity contribution in [3.05, 3.63) is 52.8 Å². The second-order valence-electron chi connectivity index (χ2n) is 6.04. The van der Waals surface area contributed by atoms with Crippen LogP contribution in [-0.2, 0) is 13.5 Å². The highest BCUT2D eigenvalue weighted by molar-refractivity contribution is 5.40. The maximum Gasteiger partial charge on any atom is 0.0673 e. The van der Waals surface area contributed by atoms with Crippen molar-refractivity contribution < 1.29 is 0 Å². The van der Waals surface area contributed by atoms with Crippen LogP contribution in [-0.4, -0.2) is 16.8 Å². The molecule has 0 spiro atoms. The summed E-state index contributed by atoms with van der Waals surface area (Å²) in [7, 11) is 4.06. The third kappa shape index (κ3) is 2.62.